The van der Waals surface area contributed by atoms with Gasteiger partial charge in [-0.15, -0.1) is 0 Å². The average molecular weight is 431 g/mol. The topological polar surface area (TPSA) is 9.23 Å². The van der Waals surface area contributed by atoms with Crippen LogP contribution in [-0.4, -0.2) is 6.61 Å². The first-order valence-corrected chi connectivity index (χ1v) is 11.9. The molecule has 0 aliphatic heterocycles. The van der Waals surface area contributed by atoms with Crippen LogP contribution < -0.4 is 4.74 Å². The van der Waals surface area contributed by atoms with Gasteiger partial charge in [0.1, 0.15) is 6.61 Å². The molecule has 2 aliphatic carbocycles. The molecule has 4 heteroatoms. The standard InChI is InChI=1S/C27H33F3O/c1-3-5-13-31-23-12-11-21-16-22(25(28)27(30)24(21)26(23)29)20-10-9-18-14-17(6-4-2)7-8-19(18)15-20/h3,5,11-12,16-20H,4,6-10,13-15H2,1-2H3/b5-3+. The summed E-state index contributed by atoms with van der Waals surface area (Å²) in [6.45, 7) is 4.27. The van der Waals surface area contributed by atoms with Gasteiger partial charge >= 0.3 is 0 Å². The lowest BCUT2D eigenvalue weighted by Crippen LogP contribution is -2.30. The molecule has 2 aromatic rings. The second-order valence-corrected chi connectivity index (χ2v) is 9.45. The molecule has 0 radical (unpaired) electrons. The lowest BCUT2D eigenvalue weighted by Gasteiger charge is -2.42. The zero-order valence-corrected chi connectivity index (χ0v) is 18.6. The van der Waals surface area contributed by atoms with Gasteiger partial charge in [-0.1, -0.05) is 44.4 Å². The fourth-order valence-electron chi connectivity index (χ4n) is 5.96. The third kappa shape index (κ3) is 4.49. The number of ether oxygens (including phenoxy) is 1. The van der Waals surface area contributed by atoms with Crippen LogP contribution in [0.25, 0.3) is 10.8 Å². The predicted molar refractivity (Wildman–Crippen MR) is 120 cm³/mol. The van der Waals surface area contributed by atoms with Crippen molar-refractivity contribution in [2.75, 3.05) is 6.61 Å². The number of allylic oxidation sites excluding steroid dienone is 1. The summed E-state index contributed by atoms with van der Waals surface area (Å²) < 4.78 is 50.4. The van der Waals surface area contributed by atoms with Crippen molar-refractivity contribution in [2.24, 2.45) is 17.8 Å². The van der Waals surface area contributed by atoms with Crippen molar-refractivity contribution in [3.05, 3.63) is 53.4 Å². The van der Waals surface area contributed by atoms with E-state index in [1.165, 1.54) is 38.2 Å². The summed E-state index contributed by atoms with van der Waals surface area (Å²) in [6, 6.07) is 4.81. The Balaban J connectivity index is 1.58. The summed E-state index contributed by atoms with van der Waals surface area (Å²) in [5.74, 6) is -0.686. The second kappa shape index (κ2) is 9.67. The summed E-state index contributed by atoms with van der Waals surface area (Å²) in [5.41, 5.74) is 0.418. The minimum atomic E-state index is -1.09. The number of rotatable bonds is 6. The SMILES string of the molecule is C/C=C/COc1ccc2cc(C3CCC4CC(CCC)CCC4C3)c(F)c(F)c2c1F. The van der Waals surface area contributed by atoms with Gasteiger partial charge in [0.25, 0.3) is 0 Å². The van der Waals surface area contributed by atoms with Gasteiger partial charge in [-0.2, -0.15) is 0 Å². The normalized spacial score (nSPS) is 26.4. The minimum Gasteiger partial charge on any atom is -0.486 e. The molecule has 2 aliphatic rings. The number of halogens is 3. The third-order valence-electron chi connectivity index (χ3n) is 7.54. The van der Waals surface area contributed by atoms with E-state index >= 15 is 8.78 Å². The summed E-state index contributed by atoms with van der Waals surface area (Å²) >= 11 is 0. The van der Waals surface area contributed by atoms with E-state index in [0.717, 1.165) is 31.1 Å². The first kappa shape index (κ1) is 22.2. The molecule has 31 heavy (non-hydrogen) atoms. The van der Waals surface area contributed by atoms with Crippen LogP contribution in [0.5, 0.6) is 5.75 Å². The van der Waals surface area contributed by atoms with Gasteiger partial charge in [-0.3, -0.25) is 0 Å². The van der Waals surface area contributed by atoms with Gasteiger partial charge in [-0.05, 0) is 85.8 Å². The Morgan fingerprint density at radius 3 is 2.52 bits per heavy atom. The van der Waals surface area contributed by atoms with E-state index in [4.69, 9.17) is 4.74 Å². The Morgan fingerprint density at radius 1 is 0.968 bits per heavy atom. The number of hydrogen-bond donors (Lipinski definition) is 0. The van der Waals surface area contributed by atoms with Gasteiger partial charge in [-0.25, -0.2) is 13.2 Å². The maximum Gasteiger partial charge on any atom is 0.175 e. The molecule has 4 rings (SSSR count). The fraction of sp³-hybridized carbons (Fsp3) is 0.556. The maximum atomic E-state index is 15.1. The number of benzene rings is 2. The van der Waals surface area contributed by atoms with Gasteiger partial charge in [0.15, 0.2) is 23.2 Å². The van der Waals surface area contributed by atoms with Crippen LogP contribution in [0, 0.1) is 35.2 Å². The van der Waals surface area contributed by atoms with Crippen molar-refractivity contribution in [1.29, 1.82) is 0 Å². The molecule has 2 saturated carbocycles. The van der Waals surface area contributed by atoms with Crippen molar-refractivity contribution in [2.45, 2.75) is 71.1 Å². The van der Waals surface area contributed by atoms with Crippen LogP contribution >= 0.6 is 0 Å². The Labute approximate surface area is 183 Å². The number of hydrogen-bond acceptors (Lipinski definition) is 1. The molecule has 0 spiro atoms. The van der Waals surface area contributed by atoms with Gasteiger partial charge in [0.05, 0.1) is 5.39 Å². The van der Waals surface area contributed by atoms with Crippen molar-refractivity contribution in [1.82, 2.24) is 0 Å². The molecule has 0 bridgehead atoms. The van der Waals surface area contributed by atoms with Crippen molar-refractivity contribution < 1.29 is 17.9 Å². The molecule has 2 aromatic carbocycles. The van der Waals surface area contributed by atoms with E-state index in [0.29, 0.717) is 16.9 Å². The Bertz CT molecular complexity index is 951. The van der Waals surface area contributed by atoms with Crippen LogP contribution in [0.3, 0.4) is 0 Å². The predicted octanol–water partition coefficient (Wildman–Crippen LogP) is 8.31. The molecule has 168 valence electrons. The quantitative estimate of drug-likeness (QED) is 0.419. The Hall–Kier alpha value is -1.97. The summed E-state index contributed by atoms with van der Waals surface area (Å²) in [5, 5.41) is 0.0894. The lowest BCUT2D eigenvalue weighted by molar-refractivity contribution is 0.113. The Kier molecular flexibility index (Phi) is 6.93. The van der Waals surface area contributed by atoms with E-state index in [-0.39, 0.29) is 23.7 Å². The van der Waals surface area contributed by atoms with E-state index in [2.05, 4.69) is 6.92 Å². The molecule has 0 heterocycles. The largest absolute Gasteiger partial charge is 0.486 e. The molecular formula is C27H33F3O. The van der Waals surface area contributed by atoms with Crippen LogP contribution in [0.2, 0.25) is 0 Å². The molecule has 1 nitrogen and oxygen atoms in total. The molecule has 0 amide bonds. The highest BCUT2D eigenvalue weighted by molar-refractivity contribution is 5.86. The highest BCUT2D eigenvalue weighted by Crippen LogP contribution is 2.49. The van der Waals surface area contributed by atoms with Crippen molar-refractivity contribution >= 4 is 10.8 Å². The first-order valence-electron chi connectivity index (χ1n) is 11.9. The molecule has 4 atom stereocenters. The molecule has 0 aromatic heterocycles. The lowest BCUT2D eigenvalue weighted by atomic mass is 9.63. The van der Waals surface area contributed by atoms with Crippen molar-refractivity contribution in [3.63, 3.8) is 0 Å². The molecule has 2 fully saturated rings. The van der Waals surface area contributed by atoms with E-state index in [9.17, 15) is 4.39 Å². The smallest absolute Gasteiger partial charge is 0.175 e. The highest BCUT2D eigenvalue weighted by Gasteiger charge is 2.37. The fourth-order valence-corrected chi connectivity index (χ4v) is 5.96. The summed E-state index contributed by atoms with van der Waals surface area (Å²) in [6.07, 6.45) is 12.7. The second-order valence-electron chi connectivity index (χ2n) is 9.45. The van der Waals surface area contributed by atoms with Crippen LogP contribution in [-0.2, 0) is 0 Å². The minimum absolute atomic E-state index is 0.0107. The molecule has 4 unspecified atom stereocenters. The zero-order valence-electron chi connectivity index (χ0n) is 18.6. The molecular weight excluding hydrogens is 397 g/mol. The van der Waals surface area contributed by atoms with Gasteiger partial charge in [0.2, 0.25) is 0 Å². The Morgan fingerprint density at radius 2 is 1.74 bits per heavy atom. The monoisotopic (exact) mass is 430 g/mol. The van der Waals surface area contributed by atoms with Crippen molar-refractivity contribution in [3.8, 4) is 5.75 Å². The molecule has 0 saturated heterocycles. The third-order valence-corrected chi connectivity index (χ3v) is 7.54. The number of fused-ring (bicyclic) bond motifs is 2. The maximum absolute atomic E-state index is 15.1. The zero-order chi connectivity index (χ0) is 22.0. The van der Waals surface area contributed by atoms with Crippen LogP contribution in [0.4, 0.5) is 13.2 Å². The van der Waals surface area contributed by atoms with Crippen LogP contribution in [0.15, 0.2) is 30.4 Å². The summed E-state index contributed by atoms with van der Waals surface area (Å²) in [7, 11) is 0. The first-order chi connectivity index (χ1) is 15.0. The van der Waals surface area contributed by atoms with Gasteiger partial charge in [0, 0.05) is 0 Å². The molecule has 0 N–H and O–H groups in total. The average Bonchev–Trinajstić information content (AvgIpc) is 2.77. The van der Waals surface area contributed by atoms with Crippen LogP contribution in [0.1, 0.15) is 76.7 Å². The highest BCUT2D eigenvalue weighted by atomic mass is 19.2. The van der Waals surface area contributed by atoms with E-state index in [1.807, 2.05) is 6.92 Å². The summed E-state index contributed by atoms with van der Waals surface area (Å²) in [4.78, 5) is 0. The van der Waals surface area contributed by atoms with Gasteiger partial charge < -0.3 is 4.74 Å². The van der Waals surface area contributed by atoms with E-state index in [1.54, 1.807) is 24.3 Å². The van der Waals surface area contributed by atoms with E-state index < -0.39 is 17.5 Å².